The Kier molecular flexibility index (Phi) is 3.39. The smallest absolute Gasteiger partial charge is 0.0843 e. The van der Waals surface area contributed by atoms with Crippen molar-refractivity contribution in [2.75, 3.05) is 20.2 Å². The minimum Gasteiger partial charge on any atom is -0.377 e. The molecule has 1 unspecified atom stereocenters. The van der Waals surface area contributed by atoms with Crippen LogP contribution in [0.1, 0.15) is 18.4 Å². The van der Waals surface area contributed by atoms with Crippen molar-refractivity contribution < 1.29 is 4.74 Å². The van der Waals surface area contributed by atoms with Crippen LogP contribution in [0.15, 0.2) is 30.3 Å². The van der Waals surface area contributed by atoms with Gasteiger partial charge in [-0.3, -0.25) is 0 Å². The van der Waals surface area contributed by atoms with E-state index in [0.717, 1.165) is 25.9 Å². The zero-order chi connectivity index (χ0) is 10.6. The third-order valence-corrected chi connectivity index (χ3v) is 3.24. The summed E-state index contributed by atoms with van der Waals surface area (Å²) < 4.78 is 5.72. The maximum atomic E-state index is 5.72. The number of ether oxygens (including phenoxy) is 1. The standard InChI is InChI=1S/C13H19NO/c1-15-13(8-5-9-14-11-13)10-12-6-3-2-4-7-12/h2-4,6-7,14H,5,8-11H2,1H3. The lowest BCUT2D eigenvalue weighted by molar-refractivity contribution is -0.0278. The van der Waals surface area contributed by atoms with Gasteiger partial charge in [-0.15, -0.1) is 0 Å². The highest BCUT2D eigenvalue weighted by atomic mass is 16.5. The molecule has 2 nitrogen and oxygen atoms in total. The monoisotopic (exact) mass is 205 g/mol. The fourth-order valence-corrected chi connectivity index (χ4v) is 2.31. The van der Waals surface area contributed by atoms with E-state index in [9.17, 15) is 0 Å². The van der Waals surface area contributed by atoms with Gasteiger partial charge in [-0.25, -0.2) is 0 Å². The predicted octanol–water partition coefficient (Wildman–Crippen LogP) is 2.00. The number of nitrogens with one attached hydrogen (secondary N) is 1. The van der Waals surface area contributed by atoms with Crippen molar-refractivity contribution in [1.82, 2.24) is 5.32 Å². The highest BCUT2D eigenvalue weighted by Gasteiger charge is 2.31. The molecular weight excluding hydrogens is 186 g/mol. The summed E-state index contributed by atoms with van der Waals surface area (Å²) in [4.78, 5) is 0. The predicted molar refractivity (Wildman–Crippen MR) is 62.0 cm³/mol. The molecule has 1 aliphatic heterocycles. The summed E-state index contributed by atoms with van der Waals surface area (Å²) >= 11 is 0. The van der Waals surface area contributed by atoms with E-state index in [1.807, 2.05) is 7.11 Å². The molecule has 1 heterocycles. The van der Waals surface area contributed by atoms with Gasteiger partial charge in [0, 0.05) is 20.1 Å². The van der Waals surface area contributed by atoms with Gasteiger partial charge >= 0.3 is 0 Å². The quantitative estimate of drug-likeness (QED) is 0.815. The molecule has 0 aromatic heterocycles. The lowest BCUT2D eigenvalue weighted by Crippen LogP contribution is -2.48. The third-order valence-electron chi connectivity index (χ3n) is 3.24. The average Bonchev–Trinajstić information content (AvgIpc) is 2.32. The van der Waals surface area contributed by atoms with E-state index in [0.29, 0.717) is 0 Å². The van der Waals surface area contributed by atoms with E-state index in [4.69, 9.17) is 4.74 Å². The molecule has 1 saturated heterocycles. The number of methoxy groups -OCH3 is 1. The number of rotatable bonds is 3. The zero-order valence-electron chi connectivity index (χ0n) is 9.33. The van der Waals surface area contributed by atoms with Gasteiger partial charge in [0.2, 0.25) is 0 Å². The van der Waals surface area contributed by atoms with E-state index < -0.39 is 0 Å². The molecule has 0 radical (unpaired) electrons. The first kappa shape index (κ1) is 10.7. The number of benzene rings is 1. The van der Waals surface area contributed by atoms with Gasteiger partial charge in [0.15, 0.2) is 0 Å². The Bertz CT molecular complexity index is 291. The maximum absolute atomic E-state index is 5.72. The zero-order valence-corrected chi connectivity index (χ0v) is 9.33. The van der Waals surface area contributed by atoms with Gasteiger partial charge in [0.1, 0.15) is 0 Å². The molecule has 0 amide bonds. The molecule has 15 heavy (non-hydrogen) atoms. The van der Waals surface area contributed by atoms with E-state index in [1.165, 1.54) is 12.0 Å². The van der Waals surface area contributed by atoms with Gasteiger partial charge < -0.3 is 10.1 Å². The summed E-state index contributed by atoms with van der Waals surface area (Å²) in [7, 11) is 1.83. The van der Waals surface area contributed by atoms with Crippen molar-refractivity contribution in [3.05, 3.63) is 35.9 Å². The van der Waals surface area contributed by atoms with Gasteiger partial charge in [0.05, 0.1) is 5.60 Å². The van der Waals surface area contributed by atoms with Crippen LogP contribution in [0.3, 0.4) is 0 Å². The number of hydrogen-bond acceptors (Lipinski definition) is 2. The first-order valence-corrected chi connectivity index (χ1v) is 5.64. The Balaban J connectivity index is 2.07. The summed E-state index contributed by atoms with van der Waals surface area (Å²) in [6.07, 6.45) is 3.38. The topological polar surface area (TPSA) is 21.3 Å². The third kappa shape index (κ3) is 2.58. The highest BCUT2D eigenvalue weighted by molar-refractivity contribution is 5.17. The molecule has 0 spiro atoms. The van der Waals surface area contributed by atoms with Crippen LogP contribution in [0.2, 0.25) is 0 Å². The summed E-state index contributed by atoms with van der Waals surface area (Å²) in [5, 5.41) is 3.42. The number of hydrogen-bond donors (Lipinski definition) is 1. The van der Waals surface area contributed by atoms with E-state index >= 15 is 0 Å². The Morgan fingerprint density at radius 3 is 2.73 bits per heavy atom. The van der Waals surface area contributed by atoms with Crippen molar-refractivity contribution in [2.45, 2.75) is 24.9 Å². The molecule has 0 bridgehead atoms. The Labute approximate surface area is 91.6 Å². The van der Waals surface area contributed by atoms with E-state index in [-0.39, 0.29) is 5.60 Å². The molecule has 82 valence electrons. The SMILES string of the molecule is COC1(Cc2ccccc2)CCCNC1. The van der Waals surface area contributed by atoms with Crippen LogP contribution >= 0.6 is 0 Å². The first-order chi connectivity index (χ1) is 7.35. The second-order valence-corrected chi connectivity index (χ2v) is 4.33. The molecule has 1 aromatic rings. The van der Waals surface area contributed by atoms with Crippen molar-refractivity contribution in [2.24, 2.45) is 0 Å². The van der Waals surface area contributed by atoms with Gasteiger partial charge in [-0.2, -0.15) is 0 Å². The molecule has 1 aromatic carbocycles. The number of piperidine rings is 1. The molecule has 0 aliphatic carbocycles. The lowest BCUT2D eigenvalue weighted by atomic mass is 9.87. The molecule has 1 fully saturated rings. The van der Waals surface area contributed by atoms with Crippen molar-refractivity contribution >= 4 is 0 Å². The van der Waals surface area contributed by atoms with Gasteiger partial charge in [0.25, 0.3) is 0 Å². The second-order valence-electron chi connectivity index (χ2n) is 4.33. The van der Waals surface area contributed by atoms with Crippen LogP contribution in [0, 0.1) is 0 Å². The van der Waals surface area contributed by atoms with Crippen LogP contribution in [-0.2, 0) is 11.2 Å². The van der Waals surface area contributed by atoms with Gasteiger partial charge in [-0.1, -0.05) is 30.3 Å². The van der Waals surface area contributed by atoms with E-state index in [1.54, 1.807) is 0 Å². The van der Waals surface area contributed by atoms with Crippen LogP contribution in [0.4, 0.5) is 0 Å². The summed E-state index contributed by atoms with van der Waals surface area (Å²) in [6.45, 7) is 2.10. The molecule has 1 N–H and O–H groups in total. The normalized spacial score (nSPS) is 26.5. The molecule has 2 rings (SSSR count). The van der Waals surface area contributed by atoms with Crippen LogP contribution in [-0.4, -0.2) is 25.8 Å². The van der Waals surface area contributed by atoms with Crippen molar-refractivity contribution in [1.29, 1.82) is 0 Å². The van der Waals surface area contributed by atoms with Crippen LogP contribution in [0.5, 0.6) is 0 Å². The second kappa shape index (κ2) is 4.77. The molecule has 0 saturated carbocycles. The fourth-order valence-electron chi connectivity index (χ4n) is 2.31. The summed E-state index contributed by atoms with van der Waals surface area (Å²) in [5.41, 5.74) is 1.38. The molecule has 1 atom stereocenters. The Morgan fingerprint density at radius 1 is 1.33 bits per heavy atom. The summed E-state index contributed by atoms with van der Waals surface area (Å²) in [5.74, 6) is 0. The Morgan fingerprint density at radius 2 is 2.13 bits per heavy atom. The van der Waals surface area contributed by atoms with Crippen LogP contribution < -0.4 is 5.32 Å². The molecule has 2 heteroatoms. The minimum atomic E-state index is 0.0135. The summed E-state index contributed by atoms with van der Waals surface area (Å²) in [6, 6.07) is 10.6. The average molecular weight is 205 g/mol. The van der Waals surface area contributed by atoms with Crippen LogP contribution in [0.25, 0.3) is 0 Å². The Hall–Kier alpha value is -0.860. The highest BCUT2D eigenvalue weighted by Crippen LogP contribution is 2.24. The minimum absolute atomic E-state index is 0.0135. The largest absolute Gasteiger partial charge is 0.377 e. The first-order valence-electron chi connectivity index (χ1n) is 5.64. The van der Waals surface area contributed by atoms with Crippen molar-refractivity contribution in [3.8, 4) is 0 Å². The van der Waals surface area contributed by atoms with E-state index in [2.05, 4.69) is 35.6 Å². The fraction of sp³-hybridized carbons (Fsp3) is 0.538. The maximum Gasteiger partial charge on any atom is 0.0843 e. The van der Waals surface area contributed by atoms with Crippen molar-refractivity contribution in [3.63, 3.8) is 0 Å². The molecule has 1 aliphatic rings. The van der Waals surface area contributed by atoms with Gasteiger partial charge in [-0.05, 0) is 24.9 Å². The lowest BCUT2D eigenvalue weighted by Gasteiger charge is -2.36. The molecular formula is C13H19NO.